The number of nitrogens with zero attached hydrogens (tertiary/aromatic N) is 3. The van der Waals surface area contributed by atoms with Crippen LogP contribution in [0.3, 0.4) is 0 Å². The zero-order valence-electron chi connectivity index (χ0n) is 9.50. The van der Waals surface area contributed by atoms with Crippen LogP contribution < -0.4 is 5.32 Å². The van der Waals surface area contributed by atoms with Gasteiger partial charge in [-0.05, 0) is 24.7 Å². The Kier molecular flexibility index (Phi) is 5.76. The first kappa shape index (κ1) is 14.3. The molecule has 0 bridgehead atoms. The van der Waals surface area contributed by atoms with Crippen LogP contribution in [0.25, 0.3) is 0 Å². The van der Waals surface area contributed by atoms with Gasteiger partial charge in [0.2, 0.25) is 0 Å². The summed E-state index contributed by atoms with van der Waals surface area (Å²) in [4.78, 5) is 0. The maximum Gasteiger partial charge on any atom is 0.441 e. The average molecular weight is 268 g/mol. The Balaban J connectivity index is 2.26. The van der Waals surface area contributed by atoms with E-state index in [0.717, 1.165) is 18.7 Å². The fourth-order valence-electron chi connectivity index (χ4n) is 1.18. The minimum atomic E-state index is -4.17. The fraction of sp³-hybridized carbons (Fsp3) is 0.778. The standard InChI is InChI=1S/C9H15F3N4S/c1-2-3-13-6-8-7-16(15-14-8)4-5-17-9(10,11)12/h7,13H,2-6H2,1H3. The summed E-state index contributed by atoms with van der Waals surface area (Å²) < 4.78 is 37.1. The van der Waals surface area contributed by atoms with Gasteiger partial charge in [0.15, 0.2) is 0 Å². The number of thioether (sulfide) groups is 1. The molecule has 1 aromatic heterocycles. The summed E-state index contributed by atoms with van der Waals surface area (Å²) in [5, 5.41) is 10.8. The number of rotatable bonds is 7. The molecule has 8 heteroatoms. The molecule has 0 saturated carbocycles. The Bertz CT molecular complexity index is 326. The Labute approximate surface area is 102 Å². The van der Waals surface area contributed by atoms with Gasteiger partial charge in [0.1, 0.15) is 0 Å². The summed E-state index contributed by atoms with van der Waals surface area (Å²) >= 11 is -0.0451. The van der Waals surface area contributed by atoms with Gasteiger partial charge in [0, 0.05) is 18.5 Å². The van der Waals surface area contributed by atoms with Crippen LogP contribution in [0.4, 0.5) is 13.2 Å². The highest BCUT2D eigenvalue weighted by Crippen LogP contribution is 2.29. The molecule has 17 heavy (non-hydrogen) atoms. The molecule has 0 spiro atoms. The molecule has 0 atom stereocenters. The first-order chi connectivity index (χ1) is 8.01. The summed E-state index contributed by atoms with van der Waals surface area (Å²) in [6.45, 7) is 3.75. The number of halogens is 3. The molecule has 4 nitrogen and oxygen atoms in total. The van der Waals surface area contributed by atoms with Crippen molar-refractivity contribution >= 4 is 11.8 Å². The zero-order chi connectivity index (χ0) is 12.7. The molecule has 0 aliphatic heterocycles. The maximum atomic E-state index is 11.9. The second-order valence-corrected chi connectivity index (χ2v) is 4.60. The summed E-state index contributed by atoms with van der Waals surface area (Å²) in [6, 6.07) is 0. The Morgan fingerprint density at radius 3 is 2.88 bits per heavy atom. The highest BCUT2D eigenvalue weighted by Gasteiger charge is 2.27. The van der Waals surface area contributed by atoms with Gasteiger partial charge in [0.05, 0.1) is 12.2 Å². The lowest BCUT2D eigenvalue weighted by Gasteiger charge is -2.04. The molecule has 1 aromatic rings. The number of alkyl halides is 3. The molecule has 1 N–H and O–H groups in total. The normalized spacial score (nSPS) is 12.0. The van der Waals surface area contributed by atoms with Crippen LogP contribution in [-0.4, -0.2) is 32.8 Å². The van der Waals surface area contributed by atoms with Crippen molar-refractivity contribution in [1.82, 2.24) is 20.3 Å². The maximum absolute atomic E-state index is 11.9. The van der Waals surface area contributed by atoms with Gasteiger partial charge >= 0.3 is 5.51 Å². The van der Waals surface area contributed by atoms with E-state index in [-0.39, 0.29) is 24.1 Å². The van der Waals surface area contributed by atoms with Crippen molar-refractivity contribution in [2.45, 2.75) is 31.9 Å². The Morgan fingerprint density at radius 2 is 2.24 bits per heavy atom. The number of nitrogens with one attached hydrogen (secondary N) is 1. The van der Waals surface area contributed by atoms with Crippen LogP contribution in [0, 0.1) is 0 Å². The first-order valence-corrected chi connectivity index (χ1v) is 6.30. The lowest BCUT2D eigenvalue weighted by Crippen LogP contribution is -2.13. The minimum Gasteiger partial charge on any atom is -0.311 e. The first-order valence-electron chi connectivity index (χ1n) is 5.31. The van der Waals surface area contributed by atoms with Crippen molar-refractivity contribution < 1.29 is 13.2 Å². The van der Waals surface area contributed by atoms with Crippen molar-refractivity contribution in [2.75, 3.05) is 12.3 Å². The summed E-state index contributed by atoms with van der Waals surface area (Å²) in [5.74, 6) is -0.0469. The molecular weight excluding hydrogens is 253 g/mol. The summed E-state index contributed by atoms with van der Waals surface area (Å²) in [6.07, 6.45) is 2.69. The van der Waals surface area contributed by atoms with Crippen LogP contribution in [0.2, 0.25) is 0 Å². The molecule has 0 radical (unpaired) electrons. The third-order valence-corrected chi connectivity index (χ3v) is 2.62. The smallest absolute Gasteiger partial charge is 0.311 e. The SMILES string of the molecule is CCCNCc1cn(CCSC(F)(F)F)nn1. The molecule has 0 amide bonds. The van der Waals surface area contributed by atoms with E-state index in [1.807, 2.05) is 0 Å². The summed E-state index contributed by atoms with van der Waals surface area (Å²) in [5.41, 5.74) is -3.43. The van der Waals surface area contributed by atoms with E-state index < -0.39 is 5.51 Å². The molecular formula is C9H15F3N4S. The topological polar surface area (TPSA) is 42.7 Å². The van der Waals surface area contributed by atoms with E-state index in [2.05, 4.69) is 22.6 Å². The predicted molar refractivity (Wildman–Crippen MR) is 60.5 cm³/mol. The third-order valence-electron chi connectivity index (χ3n) is 1.91. The lowest BCUT2D eigenvalue weighted by atomic mass is 10.4. The molecule has 0 aliphatic carbocycles. The molecule has 0 fully saturated rings. The largest absolute Gasteiger partial charge is 0.441 e. The van der Waals surface area contributed by atoms with E-state index in [1.165, 1.54) is 4.68 Å². The van der Waals surface area contributed by atoms with E-state index in [0.29, 0.717) is 6.54 Å². The quantitative estimate of drug-likeness (QED) is 0.768. The van der Waals surface area contributed by atoms with Gasteiger partial charge in [0.25, 0.3) is 0 Å². The Morgan fingerprint density at radius 1 is 1.47 bits per heavy atom. The van der Waals surface area contributed by atoms with Crippen LogP contribution >= 0.6 is 11.8 Å². The number of aromatic nitrogens is 3. The van der Waals surface area contributed by atoms with E-state index >= 15 is 0 Å². The van der Waals surface area contributed by atoms with Crippen molar-refractivity contribution in [3.63, 3.8) is 0 Å². The lowest BCUT2D eigenvalue weighted by molar-refractivity contribution is -0.0328. The second kappa shape index (κ2) is 6.85. The van der Waals surface area contributed by atoms with Gasteiger partial charge in [-0.2, -0.15) is 13.2 Å². The predicted octanol–water partition coefficient (Wildman–Crippen LogP) is 2.03. The van der Waals surface area contributed by atoms with Crippen molar-refractivity contribution in [3.05, 3.63) is 11.9 Å². The summed E-state index contributed by atoms with van der Waals surface area (Å²) in [7, 11) is 0. The zero-order valence-corrected chi connectivity index (χ0v) is 10.3. The van der Waals surface area contributed by atoms with E-state index in [9.17, 15) is 13.2 Å². The molecule has 0 saturated heterocycles. The molecule has 1 rings (SSSR count). The van der Waals surface area contributed by atoms with Crippen LogP contribution in [-0.2, 0) is 13.1 Å². The molecule has 1 heterocycles. The monoisotopic (exact) mass is 268 g/mol. The van der Waals surface area contributed by atoms with Crippen LogP contribution in [0.5, 0.6) is 0 Å². The highest BCUT2D eigenvalue weighted by molar-refractivity contribution is 8.00. The number of hydrogen-bond acceptors (Lipinski definition) is 4. The van der Waals surface area contributed by atoms with Gasteiger partial charge in [-0.15, -0.1) is 5.10 Å². The van der Waals surface area contributed by atoms with Gasteiger partial charge < -0.3 is 5.32 Å². The fourth-order valence-corrected chi connectivity index (χ4v) is 1.69. The van der Waals surface area contributed by atoms with Crippen molar-refractivity contribution in [2.24, 2.45) is 0 Å². The molecule has 0 aromatic carbocycles. The molecule has 98 valence electrons. The minimum absolute atomic E-state index is 0.0451. The average Bonchev–Trinajstić information content (AvgIpc) is 2.64. The van der Waals surface area contributed by atoms with Gasteiger partial charge in [-0.1, -0.05) is 12.1 Å². The van der Waals surface area contributed by atoms with Crippen LogP contribution in [0.15, 0.2) is 6.20 Å². The van der Waals surface area contributed by atoms with Gasteiger partial charge in [-0.3, -0.25) is 4.68 Å². The number of aryl methyl sites for hydroxylation is 1. The van der Waals surface area contributed by atoms with E-state index in [4.69, 9.17) is 0 Å². The third kappa shape index (κ3) is 6.52. The van der Waals surface area contributed by atoms with Crippen molar-refractivity contribution in [1.29, 1.82) is 0 Å². The molecule has 0 unspecified atom stereocenters. The second-order valence-electron chi connectivity index (χ2n) is 3.44. The van der Waals surface area contributed by atoms with E-state index in [1.54, 1.807) is 6.20 Å². The van der Waals surface area contributed by atoms with Gasteiger partial charge in [-0.25, -0.2) is 0 Å². The highest BCUT2D eigenvalue weighted by atomic mass is 32.2. The molecule has 0 aliphatic rings. The number of hydrogen-bond donors (Lipinski definition) is 1. The Hall–Kier alpha value is -0.760. The van der Waals surface area contributed by atoms with Crippen LogP contribution in [0.1, 0.15) is 19.0 Å². The van der Waals surface area contributed by atoms with Crippen molar-refractivity contribution in [3.8, 4) is 0 Å².